The summed E-state index contributed by atoms with van der Waals surface area (Å²) in [6, 6.07) is 9.57. The maximum Gasteiger partial charge on any atom is 0.293 e. The van der Waals surface area contributed by atoms with Crippen molar-refractivity contribution in [2.24, 2.45) is 0 Å². The van der Waals surface area contributed by atoms with Crippen molar-refractivity contribution in [2.45, 2.75) is 0 Å². The van der Waals surface area contributed by atoms with Gasteiger partial charge in [0.05, 0.1) is 10.5 Å². The van der Waals surface area contributed by atoms with Gasteiger partial charge in [-0.25, -0.2) is 4.98 Å². The molecular formula is C14H14N4O3. The lowest BCUT2D eigenvalue weighted by Crippen LogP contribution is -2.27. The topological polar surface area (TPSA) is 88.4 Å². The zero-order valence-corrected chi connectivity index (χ0v) is 11.6. The second kappa shape index (κ2) is 6.00. The van der Waals surface area contributed by atoms with Crippen LogP contribution in [0.4, 0.5) is 17.2 Å². The number of benzene rings is 1. The predicted octanol–water partition coefficient (Wildman–Crippen LogP) is 2.31. The van der Waals surface area contributed by atoms with Crippen LogP contribution in [0, 0.1) is 10.1 Å². The summed E-state index contributed by atoms with van der Waals surface area (Å²) in [7, 11) is 3.11. The van der Waals surface area contributed by atoms with Crippen LogP contribution < -0.4 is 10.2 Å². The zero-order valence-electron chi connectivity index (χ0n) is 11.6. The number of hydrogen-bond acceptors (Lipinski definition) is 5. The van der Waals surface area contributed by atoms with E-state index in [9.17, 15) is 14.9 Å². The van der Waals surface area contributed by atoms with E-state index in [1.165, 1.54) is 17.0 Å². The van der Waals surface area contributed by atoms with Gasteiger partial charge in [0.2, 0.25) is 0 Å². The lowest BCUT2D eigenvalue weighted by atomic mass is 10.1. The molecule has 0 bridgehead atoms. The molecule has 2 rings (SSSR count). The molecule has 0 saturated carbocycles. The fourth-order valence-corrected chi connectivity index (χ4v) is 1.97. The van der Waals surface area contributed by atoms with E-state index in [2.05, 4.69) is 10.3 Å². The second-order valence-corrected chi connectivity index (χ2v) is 4.26. The Labute approximate surface area is 121 Å². The highest BCUT2D eigenvalue weighted by Crippen LogP contribution is 2.29. The molecule has 21 heavy (non-hydrogen) atoms. The number of nitrogens with zero attached hydrogens (tertiary/aromatic N) is 3. The molecule has 1 aromatic carbocycles. The number of para-hydroxylation sites is 1. The van der Waals surface area contributed by atoms with Gasteiger partial charge in [0.1, 0.15) is 11.5 Å². The number of hydrogen-bond donors (Lipinski definition) is 1. The van der Waals surface area contributed by atoms with Crippen molar-refractivity contribution in [3.05, 3.63) is 58.3 Å². The molecule has 2 aromatic rings. The van der Waals surface area contributed by atoms with Crippen LogP contribution in [0.2, 0.25) is 0 Å². The van der Waals surface area contributed by atoms with Crippen LogP contribution in [0.1, 0.15) is 10.4 Å². The molecule has 1 heterocycles. The molecule has 0 aliphatic heterocycles. The number of amides is 1. The highest BCUT2D eigenvalue weighted by molar-refractivity contribution is 6.10. The van der Waals surface area contributed by atoms with Crippen molar-refractivity contribution in [1.29, 1.82) is 0 Å². The number of aromatic nitrogens is 1. The molecule has 0 spiro atoms. The Bertz CT molecular complexity index is 673. The standard InChI is InChI=1S/C14H14N4O3/c1-15-13-10(6-5-7-11(13)18(20)21)14(19)17(2)12-8-3-4-9-16-12/h3-9,15H,1-2H3. The van der Waals surface area contributed by atoms with Crippen LogP contribution in [-0.2, 0) is 0 Å². The Kier molecular flexibility index (Phi) is 4.13. The average Bonchev–Trinajstić information content (AvgIpc) is 2.53. The first-order chi connectivity index (χ1) is 10.1. The third kappa shape index (κ3) is 2.81. The normalized spacial score (nSPS) is 10.0. The summed E-state index contributed by atoms with van der Waals surface area (Å²) >= 11 is 0. The summed E-state index contributed by atoms with van der Waals surface area (Å²) in [4.78, 5) is 28.5. The summed E-state index contributed by atoms with van der Waals surface area (Å²) in [5.74, 6) is 0.0952. The zero-order chi connectivity index (χ0) is 15.4. The van der Waals surface area contributed by atoms with E-state index in [-0.39, 0.29) is 22.8 Å². The lowest BCUT2D eigenvalue weighted by molar-refractivity contribution is -0.384. The van der Waals surface area contributed by atoms with Crippen LogP contribution in [0.25, 0.3) is 0 Å². The van der Waals surface area contributed by atoms with Crippen LogP contribution in [0.5, 0.6) is 0 Å². The molecule has 7 nitrogen and oxygen atoms in total. The molecule has 1 aromatic heterocycles. The molecule has 1 amide bonds. The minimum atomic E-state index is -0.524. The quantitative estimate of drug-likeness (QED) is 0.688. The summed E-state index contributed by atoms with van der Waals surface area (Å²) in [6.45, 7) is 0. The molecule has 7 heteroatoms. The SMILES string of the molecule is CNc1c(C(=O)N(C)c2ccccn2)cccc1[N+](=O)[O-]. The van der Waals surface area contributed by atoms with E-state index in [1.807, 2.05) is 0 Å². The smallest absolute Gasteiger partial charge is 0.293 e. The van der Waals surface area contributed by atoms with Crippen molar-refractivity contribution in [1.82, 2.24) is 4.98 Å². The summed E-state index contributed by atoms with van der Waals surface area (Å²) in [5.41, 5.74) is 0.271. The maximum absolute atomic E-state index is 12.5. The molecule has 0 aliphatic rings. The summed E-state index contributed by atoms with van der Waals surface area (Å²) < 4.78 is 0. The Balaban J connectivity index is 2.44. The molecular weight excluding hydrogens is 272 g/mol. The Morgan fingerprint density at radius 1 is 1.29 bits per heavy atom. The molecule has 0 saturated heterocycles. The van der Waals surface area contributed by atoms with Gasteiger partial charge >= 0.3 is 0 Å². The van der Waals surface area contributed by atoms with Crippen LogP contribution in [0.3, 0.4) is 0 Å². The molecule has 108 valence electrons. The van der Waals surface area contributed by atoms with E-state index in [4.69, 9.17) is 0 Å². The van der Waals surface area contributed by atoms with E-state index in [0.29, 0.717) is 5.82 Å². The van der Waals surface area contributed by atoms with Gasteiger partial charge in [-0.1, -0.05) is 12.1 Å². The van der Waals surface area contributed by atoms with Gasteiger partial charge in [-0.2, -0.15) is 0 Å². The van der Waals surface area contributed by atoms with E-state index in [0.717, 1.165) is 0 Å². The number of nitro groups is 1. The highest BCUT2D eigenvalue weighted by atomic mass is 16.6. The third-order valence-electron chi connectivity index (χ3n) is 3.02. The number of anilines is 2. The summed E-state index contributed by atoms with van der Waals surface area (Å²) in [6.07, 6.45) is 1.57. The van der Waals surface area contributed by atoms with Crippen LogP contribution >= 0.6 is 0 Å². The molecule has 0 atom stereocenters. The van der Waals surface area contributed by atoms with Crippen molar-refractivity contribution in [2.75, 3.05) is 24.3 Å². The van der Waals surface area contributed by atoms with Crippen molar-refractivity contribution in [3.63, 3.8) is 0 Å². The third-order valence-corrected chi connectivity index (χ3v) is 3.02. The van der Waals surface area contributed by atoms with Crippen LogP contribution in [-0.4, -0.2) is 29.9 Å². The van der Waals surface area contributed by atoms with Crippen molar-refractivity contribution >= 4 is 23.1 Å². The number of rotatable bonds is 4. The fourth-order valence-electron chi connectivity index (χ4n) is 1.97. The van der Waals surface area contributed by atoms with Crippen molar-refractivity contribution in [3.8, 4) is 0 Å². The van der Waals surface area contributed by atoms with E-state index < -0.39 is 4.92 Å². The molecule has 1 N–H and O–H groups in total. The molecule has 0 unspecified atom stereocenters. The first-order valence-electron chi connectivity index (χ1n) is 6.20. The fraction of sp³-hybridized carbons (Fsp3) is 0.143. The Hall–Kier alpha value is -2.96. The predicted molar refractivity (Wildman–Crippen MR) is 79.6 cm³/mol. The van der Waals surface area contributed by atoms with Gasteiger partial charge in [0, 0.05) is 26.4 Å². The lowest BCUT2D eigenvalue weighted by Gasteiger charge is -2.17. The largest absolute Gasteiger partial charge is 0.382 e. The highest BCUT2D eigenvalue weighted by Gasteiger charge is 2.23. The van der Waals surface area contributed by atoms with Gasteiger partial charge in [0.15, 0.2) is 0 Å². The number of nitro benzene ring substituents is 1. The molecule has 0 aliphatic carbocycles. The second-order valence-electron chi connectivity index (χ2n) is 4.26. The summed E-state index contributed by atoms with van der Waals surface area (Å²) in [5, 5.41) is 13.7. The number of carbonyl (C=O) groups excluding carboxylic acids is 1. The maximum atomic E-state index is 12.5. The van der Waals surface area contributed by atoms with Crippen molar-refractivity contribution < 1.29 is 9.72 Å². The van der Waals surface area contributed by atoms with Gasteiger partial charge in [-0.3, -0.25) is 19.8 Å². The number of nitrogens with one attached hydrogen (secondary N) is 1. The van der Waals surface area contributed by atoms with Gasteiger partial charge < -0.3 is 5.32 Å². The van der Waals surface area contributed by atoms with Gasteiger partial charge in [-0.05, 0) is 18.2 Å². The number of carbonyl (C=O) groups is 1. The van der Waals surface area contributed by atoms with E-state index in [1.54, 1.807) is 44.6 Å². The van der Waals surface area contributed by atoms with E-state index >= 15 is 0 Å². The van der Waals surface area contributed by atoms with Crippen LogP contribution in [0.15, 0.2) is 42.6 Å². The van der Waals surface area contributed by atoms with Gasteiger partial charge in [-0.15, -0.1) is 0 Å². The number of pyridine rings is 1. The monoisotopic (exact) mass is 286 g/mol. The molecule has 0 radical (unpaired) electrons. The average molecular weight is 286 g/mol. The minimum Gasteiger partial charge on any atom is -0.382 e. The minimum absolute atomic E-state index is 0.141. The molecule has 0 fully saturated rings. The Morgan fingerprint density at radius 2 is 2.05 bits per heavy atom. The first-order valence-corrected chi connectivity index (χ1v) is 6.20. The first kappa shape index (κ1) is 14.4. The van der Waals surface area contributed by atoms with Gasteiger partial charge in [0.25, 0.3) is 11.6 Å². The Morgan fingerprint density at radius 3 is 2.62 bits per heavy atom.